The van der Waals surface area contributed by atoms with Crippen LogP contribution < -0.4 is 9.47 Å². The first kappa shape index (κ1) is 25.1. The highest BCUT2D eigenvalue weighted by Crippen LogP contribution is 2.39. The second-order valence-corrected chi connectivity index (χ2v) is 9.14. The lowest BCUT2D eigenvalue weighted by Crippen LogP contribution is -2.42. The van der Waals surface area contributed by atoms with E-state index in [9.17, 15) is 14.4 Å². The molecule has 0 aliphatic carbocycles. The summed E-state index contributed by atoms with van der Waals surface area (Å²) < 4.78 is 16.9. The fourth-order valence-electron chi connectivity index (χ4n) is 3.03. The van der Waals surface area contributed by atoms with Crippen molar-refractivity contribution in [2.75, 3.05) is 13.7 Å². The van der Waals surface area contributed by atoms with Crippen molar-refractivity contribution < 1.29 is 28.6 Å². The molecule has 0 radical (unpaired) electrons. The lowest BCUT2D eigenvalue weighted by atomic mass is 10.1. The van der Waals surface area contributed by atoms with Crippen molar-refractivity contribution in [3.05, 3.63) is 61.9 Å². The fraction of sp³-hybridized carbons (Fsp3) is 0.261. The number of ether oxygens (including phenoxy) is 3. The molecule has 0 unspecified atom stereocenters. The lowest BCUT2D eigenvalue weighted by Gasteiger charge is -2.19. The molecule has 174 valence electrons. The Morgan fingerprint density at radius 3 is 2.64 bits per heavy atom. The molecule has 0 saturated carbocycles. The van der Waals surface area contributed by atoms with Gasteiger partial charge in [0.2, 0.25) is 0 Å². The molecule has 0 aromatic heterocycles. The van der Waals surface area contributed by atoms with E-state index in [4.69, 9.17) is 25.8 Å². The van der Waals surface area contributed by atoms with Gasteiger partial charge in [-0.05, 0) is 55.4 Å². The number of amides is 2. The molecule has 2 amide bonds. The Morgan fingerprint density at radius 1 is 1.24 bits per heavy atom. The van der Waals surface area contributed by atoms with Crippen LogP contribution in [0, 0.1) is 0 Å². The number of halogens is 2. The van der Waals surface area contributed by atoms with Crippen LogP contribution in [0.1, 0.15) is 25.0 Å². The Hall–Kier alpha value is -2.49. The summed E-state index contributed by atoms with van der Waals surface area (Å²) in [6.45, 7) is 3.52. The van der Waals surface area contributed by atoms with Crippen molar-refractivity contribution in [1.82, 2.24) is 4.90 Å². The number of esters is 1. The van der Waals surface area contributed by atoms with Gasteiger partial charge < -0.3 is 14.2 Å². The summed E-state index contributed by atoms with van der Waals surface area (Å²) in [7, 11) is 1.50. The average Bonchev–Trinajstić information content (AvgIpc) is 3.07. The van der Waals surface area contributed by atoms with Gasteiger partial charge in [-0.1, -0.05) is 45.7 Å². The monoisotopic (exact) mass is 553 g/mol. The van der Waals surface area contributed by atoms with Crippen molar-refractivity contribution in [3.8, 4) is 11.5 Å². The van der Waals surface area contributed by atoms with E-state index in [0.29, 0.717) is 26.6 Å². The van der Waals surface area contributed by atoms with Crippen LogP contribution in [0.3, 0.4) is 0 Å². The lowest BCUT2D eigenvalue weighted by molar-refractivity contribution is -0.150. The van der Waals surface area contributed by atoms with Crippen molar-refractivity contribution in [3.63, 3.8) is 0 Å². The highest BCUT2D eigenvalue weighted by atomic mass is 79.9. The summed E-state index contributed by atoms with van der Waals surface area (Å²) in [5, 5.41) is 0.0644. The quantitative estimate of drug-likeness (QED) is 0.307. The summed E-state index contributed by atoms with van der Waals surface area (Å²) in [6, 6.07) is 9.76. The third kappa shape index (κ3) is 5.72. The number of hydrogen-bond acceptors (Lipinski definition) is 7. The zero-order valence-corrected chi connectivity index (χ0v) is 21.3. The first-order chi connectivity index (χ1) is 15.8. The summed E-state index contributed by atoms with van der Waals surface area (Å²) in [5.74, 6) is -0.277. The molecule has 1 aliphatic heterocycles. The molecule has 10 heteroatoms. The molecule has 0 spiro atoms. The van der Waals surface area contributed by atoms with Gasteiger partial charge in [-0.25, -0.2) is 4.79 Å². The minimum atomic E-state index is -1.01. The van der Waals surface area contributed by atoms with E-state index in [1.165, 1.54) is 14.0 Å². The van der Waals surface area contributed by atoms with Gasteiger partial charge in [0.25, 0.3) is 11.1 Å². The molecule has 7 nitrogen and oxygen atoms in total. The number of imide groups is 1. The molecule has 1 atom stereocenters. The van der Waals surface area contributed by atoms with Crippen molar-refractivity contribution in [1.29, 1.82) is 0 Å². The molecule has 33 heavy (non-hydrogen) atoms. The Balaban J connectivity index is 1.83. The number of carbonyl (C=O) groups is 3. The number of carbonyl (C=O) groups excluding carboxylic acids is 3. The van der Waals surface area contributed by atoms with Crippen LogP contribution in [0.25, 0.3) is 6.08 Å². The van der Waals surface area contributed by atoms with Crippen LogP contribution in [0.15, 0.2) is 45.8 Å². The van der Waals surface area contributed by atoms with Crippen molar-refractivity contribution in [2.24, 2.45) is 0 Å². The van der Waals surface area contributed by atoms with Crippen LogP contribution in [0.5, 0.6) is 11.5 Å². The summed E-state index contributed by atoms with van der Waals surface area (Å²) >= 11 is 10.4. The molecular weight excluding hydrogens is 534 g/mol. The predicted molar refractivity (Wildman–Crippen MR) is 130 cm³/mol. The molecule has 3 rings (SSSR count). The van der Waals surface area contributed by atoms with Crippen LogP contribution in [-0.4, -0.2) is 41.8 Å². The zero-order valence-electron chi connectivity index (χ0n) is 18.1. The summed E-state index contributed by atoms with van der Waals surface area (Å²) in [4.78, 5) is 38.3. The van der Waals surface area contributed by atoms with Gasteiger partial charge in [-0.2, -0.15) is 0 Å². The Morgan fingerprint density at radius 2 is 1.97 bits per heavy atom. The third-order valence-corrected chi connectivity index (χ3v) is 6.69. The molecule has 0 N–H and O–H groups in total. The van der Waals surface area contributed by atoms with Crippen LogP contribution in [0.2, 0.25) is 5.02 Å². The normalized spacial score (nSPS) is 15.7. The van der Waals surface area contributed by atoms with E-state index in [1.807, 2.05) is 18.2 Å². The van der Waals surface area contributed by atoms with E-state index in [1.54, 1.807) is 31.2 Å². The molecule has 0 bridgehead atoms. The number of hydrogen-bond donors (Lipinski definition) is 0. The van der Waals surface area contributed by atoms with Gasteiger partial charge in [-0.15, -0.1) is 0 Å². The van der Waals surface area contributed by atoms with Gasteiger partial charge >= 0.3 is 5.97 Å². The van der Waals surface area contributed by atoms with Crippen molar-refractivity contribution in [2.45, 2.75) is 26.5 Å². The summed E-state index contributed by atoms with van der Waals surface area (Å²) in [5.41, 5.74) is 1.43. The predicted octanol–water partition coefficient (Wildman–Crippen LogP) is 5.68. The smallest absolute Gasteiger partial charge is 0.329 e. The van der Waals surface area contributed by atoms with E-state index < -0.39 is 23.2 Å². The van der Waals surface area contributed by atoms with Gasteiger partial charge in [0, 0.05) is 15.1 Å². The largest absolute Gasteiger partial charge is 0.493 e. The van der Waals surface area contributed by atoms with Gasteiger partial charge in [0.15, 0.2) is 11.5 Å². The van der Waals surface area contributed by atoms with Crippen LogP contribution in [0.4, 0.5) is 4.79 Å². The number of benzene rings is 2. The minimum absolute atomic E-state index is 0.160. The minimum Gasteiger partial charge on any atom is -0.493 e. The standard InChI is InChI=1S/C23H21BrClNO6S/c1-4-31-22(28)13(2)26-21(27)20(33-23(26)29)10-15-9-18(30-3)19(11-16(15)24)32-12-14-7-5-6-8-17(14)25/h5-11,13H,4,12H2,1-3H3/b20-10+/t13-/m0/s1. The molecule has 1 saturated heterocycles. The second kappa shape index (κ2) is 11.1. The fourth-order valence-corrected chi connectivity index (χ4v) is 4.55. The third-order valence-electron chi connectivity index (χ3n) is 4.75. The molecule has 2 aromatic carbocycles. The summed E-state index contributed by atoms with van der Waals surface area (Å²) in [6.07, 6.45) is 1.56. The van der Waals surface area contributed by atoms with Gasteiger partial charge in [-0.3, -0.25) is 14.5 Å². The highest BCUT2D eigenvalue weighted by molar-refractivity contribution is 9.10. The number of rotatable bonds is 8. The van der Waals surface area contributed by atoms with Gasteiger partial charge in [0.1, 0.15) is 12.6 Å². The van der Waals surface area contributed by atoms with Crippen LogP contribution in [-0.2, 0) is 20.9 Å². The van der Waals surface area contributed by atoms with E-state index in [-0.39, 0.29) is 18.1 Å². The Labute approximate surface area is 209 Å². The number of methoxy groups -OCH3 is 1. The first-order valence-electron chi connectivity index (χ1n) is 9.94. The maximum Gasteiger partial charge on any atom is 0.329 e. The SMILES string of the molecule is CCOC(=O)[C@H](C)N1C(=O)S/C(=C/c2cc(OC)c(OCc3ccccc3Cl)cc2Br)C1=O. The van der Waals surface area contributed by atoms with Crippen molar-refractivity contribution >= 4 is 62.5 Å². The van der Waals surface area contributed by atoms with Crippen LogP contribution >= 0.6 is 39.3 Å². The molecule has 1 aliphatic rings. The van der Waals surface area contributed by atoms with E-state index in [2.05, 4.69) is 15.9 Å². The number of nitrogens with zero attached hydrogens (tertiary/aromatic N) is 1. The molecule has 1 heterocycles. The Kier molecular flexibility index (Phi) is 8.45. The molecule has 1 fully saturated rings. The second-order valence-electron chi connectivity index (χ2n) is 6.88. The van der Waals surface area contributed by atoms with E-state index in [0.717, 1.165) is 22.2 Å². The first-order valence-corrected chi connectivity index (χ1v) is 11.9. The average molecular weight is 555 g/mol. The zero-order chi connectivity index (χ0) is 24.1. The van der Waals surface area contributed by atoms with E-state index >= 15 is 0 Å². The highest BCUT2D eigenvalue weighted by Gasteiger charge is 2.41. The Bertz CT molecular complexity index is 1120. The molecular formula is C23H21BrClNO6S. The maximum absolute atomic E-state index is 12.8. The van der Waals surface area contributed by atoms with Gasteiger partial charge in [0.05, 0.1) is 18.6 Å². The number of thioether (sulfide) groups is 1. The topological polar surface area (TPSA) is 82.1 Å². The maximum atomic E-state index is 12.8. The molecule has 2 aromatic rings.